The maximum atomic E-state index is 13.2. The molecule has 1 amide bonds. The molecule has 0 aliphatic carbocycles. The van der Waals surface area contributed by atoms with Gasteiger partial charge >= 0.3 is 0 Å². The molecule has 0 radical (unpaired) electrons. The fourth-order valence-corrected chi connectivity index (χ4v) is 2.09. The van der Waals surface area contributed by atoms with Crippen molar-refractivity contribution >= 4 is 11.7 Å². The molecule has 1 aromatic carbocycles. The second kappa shape index (κ2) is 6.27. The van der Waals surface area contributed by atoms with E-state index in [9.17, 15) is 14.0 Å². The van der Waals surface area contributed by atoms with Gasteiger partial charge in [-0.2, -0.15) is 0 Å². The standard InChI is InChI=1S/C16H12FN3O3/c17-13-3-1-2-11(8-13)9-20-10-12(4-5-15(20)21)16(22)18-14-6-7-23-19-14/h1-8,10H,9H2,(H,18,19,22). The zero-order valence-electron chi connectivity index (χ0n) is 11.9. The van der Waals surface area contributed by atoms with Crippen LogP contribution in [0.25, 0.3) is 0 Å². The lowest BCUT2D eigenvalue weighted by Gasteiger charge is -2.08. The maximum absolute atomic E-state index is 13.2. The summed E-state index contributed by atoms with van der Waals surface area (Å²) in [7, 11) is 0. The number of carbonyl (C=O) groups is 1. The lowest BCUT2D eigenvalue weighted by atomic mass is 10.2. The van der Waals surface area contributed by atoms with Crippen LogP contribution in [0.5, 0.6) is 0 Å². The quantitative estimate of drug-likeness (QED) is 0.801. The van der Waals surface area contributed by atoms with E-state index in [0.717, 1.165) is 0 Å². The van der Waals surface area contributed by atoms with E-state index in [0.29, 0.717) is 5.56 Å². The van der Waals surface area contributed by atoms with Gasteiger partial charge in [0.05, 0.1) is 12.1 Å². The average molecular weight is 313 g/mol. The fourth-order valence-electron chi connectivity index (χ4n) is 2.09. The van der Waals surface area contributed by atoms with Crippen molar-refractivity contribution in [2.75, 3.05) is 5.32 Å². The molecule has 7 heteroatoms. The van der Waals surface area contributed by atoms with Crippen molar-refractivity contribution < 1.29 is 13.7 Å². The number of rotatable bonds is 4. The lowest BCUT2D eigenvalue weighted by molar-refractivity contribution is 0.102. The van der Waals surface area contributed by atoms with Gasteiger partial charge in [-0.1, -0.05) is 17.3 Å². The van der Waals surface area contributed by atoms with Crippen molar-refractivity contribution in [1.29, 1.82) is 0 Å². The third-order valence-electron chi connectivity index (χ3n) is 3.17. The van der Waals surface area contributed by atoms with Gasteiger partial charge in [-0.05, 0) is 23.8 Å². The van der Waals surface area contributed by atoms with Crippen molar-refractivity contribution in [1.82, 2.24) is 9.72 Å². The number of nitrogens with one attached hydrogen (secondary N) is 1. The number of carbonyl (C=O) groups excluding carboxylic acids is 1. The monoisotopic (exact) mass is 313 g/mol. The summed E-state index contributed by atoms with van der Waals surface area (Å²) in [5, 5.41) is 6.12. The van der Waals surface area contributed by atoms with Crippen LogP contribution in [0.3, 0.4) is 0 Å². The largest absolute Gasteiger partial charge is 0.363 e. The number of anilines is 1. The molecule has 2 heterocycles. The first-order valence-electron chi connectivity index (χ1n) is 6.78. The molecule has 0 aliphatic heterocycles. The van der Waals surface area contributed by atoms with E-state index < -0.39 is 5.91 Å². The van der Waals surface area contributed by atoms with E-state index in [1.165, 1.54) is 47.4 Å². The van der Waals surface area contributed by atoms with Gasteiger partial charge in [0.15, 0.2) is 5.82 Å². The van der Waals surface area contributed by atoms with Crippen LogP contribution in [-0.2, 0) is 6.54 Å². The number of aromatic nitrogens is 2. The Balaban J connectivity index is 1.84. The lowest BCUT2D eigenvalue weighted by Crippen LogP contribution is -2.22. The summed E-state index contributed by atoms with van der Waals surface area (Å²) in [6.07, 6.45) is 2.75. The molecule has 0 fully saturated rings. The third kappa shape index (κ3) is 3.52. The van der Waals surface area contributed by atoms with Crippen molar-refractivity contribution in [3.63, 3.8) is 0 Å². The highest BCUT2D eigenvalue weighted by atomic mass is 19.1. The molecule has 0 atom stereocenters. The zero-order valence-corrected chi connectivity index (χ0v) is 11.9. The minimum atomic E-state index is -0.424. The van der Waals surface area contributed by atoms with Crippen LogP contribution >= 0.6 is 0 Å². The normalized spacial score (nSPS) is 10.5. The molecule has 23 heavy (non-hydrogen) atoms. The van der Waals surface area contributed by atoms with Crippen LogP contribution in [0.15, 0.2) is 64.2 Å². The molecule has 0 aliphatic rings. The number of halogens is 1. The van der Waals surface area contributed by atoms with Gasteiger partial charge in [-0.15, -0.1) is 0 Å². The summed E-state index contributed by atoms with van der Waals surface area (Å²) >= 11 is 0. The molecule has 1 N–H and O–H groups in total. The van der Waals surface area contributed by atoms with Crippen LogP contribution in [0.1, 0.15) is 15.9 Å². The second-order valence-electron chi connectivity index (χ2n) is 4.85. The Morgan fingerprint density at radius 1 is 1.26 bits per heavy atom. The summed E-state index contributed by atoms with van der Waals surface area (Å²) in [6.45, 7) is 0.168. The molecule has 0 unspecified atom stereocenters. The van der Waals surface area contributed by atoms with E-state index in [1.807, 2.05) is 0 Å². The number of pyridine rings is 1. The average Bonchev–Trinajstić information content (AvgIpc) is 3.02. The Morgan fingerprint density at radius 2 is 2.13 bits per heavy atom. The first kappa shape index (κ1) is 14.7. The Bertz CT molecular complexity index is 888. The summed E-state index contributed by atoms with van der Waals surface area (Å²) in [4.78, 5) is 24.0. The van der Waals surface area contributed by atoms with Crippen molar-refractivity contribution in [3.8, 4) is 0 Å². The molecule has 3 aromatic rings. The number of benzene rings is 1. The minimum Gasteiger partial charge on any atom is -0.363 e. The summed E-state index contributed by atoms with van der Waals surface area (Å²) in [6, 6.07) is 10.1. The van der Waals surface area contributed by atoms with Crippen LogP contribution in [-0.4, -0.2) is 15.6 Å². The molecule has 116 valence electrons. The van der Waals surface area contributed by atoms with E-state index >= 15 is 0 Å². The van der Waals surface area contributed by atoms with Crippen LogP contribution in [0.2, 0.25) is 0 Å². The predicted molar refractivity (Wildman–Crippen MR) is 80.7 cm³/mol. The van der Waals surface area contributed by atoms with Gasteiger partial charge in [0.25, 0.3) is 11.5 Å². The van der Waals surface area contributed by atoms with Crippen molar-refractivity contribution in [3.05, 3.63) is 82.2 Å². The number of amides is 1. The van der Waals surface area contributed by atoms with Gasteiger partial charge in [0.1, 0.15) is 12.1 Å². The summed E-state index contributed by atoms with van der Waals surface area (Å²) in [5.41, 5.74) is 0.623. The smallest absolute Gasteiger partial charge is 0.258 e. The van der Waals surface area contributed by atoms with Crippen molar-refractivity contribution in [2.24, 2.45) is 0 Å². The number of hydrogen-bond acceptors (Lipinski definition) is 4. The molecule has 0 saturated carbocycles. The molecule has 3 rings (SSSR count). The minimum absolute atomic E-state index is 0.168. The highest BCUT2D eigenvalue weighted by molar-refractivity contribution is 6.03. The maximum Gasteiger partial charge on any atom is 0.258 e. The van der Waals surface area contributed by atoms with Gasteiger partial charge in [0.2, 0.25) is 0 Å². The van der Waals surface area contributed by atoms with Gasteiger partial charge < -0.3 is 14.4 Å². The summed E-state index contributed by atoms with van der Waals surface area (Å²) < 4.78 is 19.2. The molecule has 6 nitrogen and oxygen atoms in total. The number of nitrogens with zero attached hydrogens (tertiary/aromatic N) is 2. The first-order valence-corrected chi connectivity index (χ1v) is 6.78. The van der Waals surface area contributed by atoms with E-state index in [2.05, 4.69) is 15.0 Å². The van der Waals surface area contributed by atoms with E-state index in [4.69, 9.17) is 0 Å². The van der Waals surface area contributed by atoms with Gasteiger partial charge in [0, 0.05) is 18.3 Å². The zero-order chi connectivity index (χ0) is 16.2. The molecular formula is C16H12FN3O3. The van der Waals surface area contributed by atoms with Crippen LogP contribution in [0.4, 0.5) is 10.2 Å². The second-order valence-corrected chi connectivity index (χ2v) is 4.85. The Labute approximate surface area is 130 Å². The van der Waals surface area contributed by atoms with Gasteiger partial charge in [-0.3, -0.25) is 9.59 Å². The molecule has 0 saturated heterocycles. The van der Waals surface area contributed by atoms with Crippen molar-refractivity contribution in [2.45, 2.75) is 6.54 Å². The summed E-state index contributed by atoms with van der Waals surface area (Å²) in [5.74, 6) is -0.528. The molecule has 0 bridgehead atoms. The van der Waals surface area contributed by atoms with Gasteiger partial charge in [-0.25, -0.2) is 4.39 Å². The highest BCUT2D eigenvalue weighted by Crippen LogP contribution is 2.08. The molecule has 2 aromatic heterocycles. The molecular weight excluding hydrogens is 301 g/mol. The van der Waals surface area contributed by atoms with E-state index in [-0.39, 0.29) is 29.3 Å². The topological polar surface area (TPSA) is 77.1 Å². The van der Waals surface area contributed by atoms with Crippen LogP contribution < -0.4 is 10.9 Å². The number of hydrogen-bond donors (Lipinski definition) is 1. The predicted octanol–water partition coefficient (Wildman–Crippen LogP) is 2.28. The first-order chi connectivity index (χ1) is 11.1. The Kier molecular flexibility index (Phi) is 4.01. The SMILES string of the molecule is O=C(Nc1ccon1)c1ccc(=O)n(Cc2cccc(F)c2)c1. The van der Waals surface area contributed by atoms with Crippen LogP contribution in [0, 0.1) is 5.82 Å². The Morgan fingerprint density at radius 3 is 2.87 bits per heavy atom. The van der Waals surface area contributed by atoms with E-state index in [1.54, 1.807) is 12.1 Å². The highest BCUT2D eigenvalue weighted by Gasteiger charge is 2.10. The third-order valence-corrected chi connectivity index (χ3v) is 3.17. The Hall–Kier alpha value is -3.22. The fraction of sp³-hybridized carbons (Fsp3) is 0.0625. The molecule has 0 spiro atoms.